The number of aromatic amines is 1. The van der Waals surface area contributed by atoms with Gasteiger partial charge in [0, 0.05) is 23.6 Å². The Morgan fingerprint density at radius 1 is 1.30 bits per heavy atom. The average Bonchev–Trinajstić information content (AvgIpc) is 3.02. The van der Waals surface area contributed by atoms with Crippen molar-refractivity contribution in [3.05, 3.63) is 60.0 Å². The van der Waals surface area contributed by atoms with Gasteiger partial charge >= 0.3 is 0 Å². The van der Waals surface area contributed by atoms with E-state index in [-0.39, 0.29) is 24.2 Å². The zero-order chi connectivity index (χ0) is 19.0. The van der Waals surface area contributed by atoms with Crippen LogP contribution in [0, 0.1) is 5.82 Å². The zero-order valence-electron chi connectivity index (χ0n) is 15.4. The van der Waals surface area contributed by atoms with Crippen molar-refractivity contribution in [3.63, 3.8) is 0 Å². The molecule has 1 aromatic heterocycles. The molecule has 2 aromatic carbocycles. The van der Waals surface area contributed by atoms with E-state index in [0.29, 0.717) is 12.1 Å². The van der Waals surface area contributed by atoms with Gasteiger partial charge in [-0.3, -0.25) is 4.79 Å². The normalized spacial score (nSPS) is 16.4. The van der Waals surface area contributed by atoms with E-state index in [9.17, 15) is 9.18 Å². The van der Waals surface area contributed by atoms with Crippen LogP contribution in [0.4, 0.5) is 10.1 Å². The Labute approximate surface area is 157 Å². The minimum Gasteiger partial charge on any atom is -0.485 e. The molecule has 0 spiro atoms. The monoisotopic (exact) mass is 367 g/mol. The van der Waals surface area contributed by atoms with Gasteiger partial charge in [0.2, 0.25) is 5.91 Å². The van der Waals surface area contributed by atoms with Crippen molar-refractivity contribution in [2.45, 2.75) is 12.5 Å². The number of likely N-dealkylation sites (N-methyl/N-ethyl adjacent to an activating group) is 1. The summed E-state index contributed by atoms with van der Waals surface area (Å²) in [4.78, 5) is 20.0. The highest BCUT2D eigenvalue weighted by atomic mass is 19.1. The molecule has 1 N–H and O–H groups in total. The smallest absolute Gasteiger partial charge is 0.231 e. The van der Waals surface area contributed by atoms with E-state index in [1.165, 1.54) is 12.1 Å². The first-order valence-electron chi connectivity index (χ1n) is 8.97. The van der Waals surface area contributed by atoms with Gasteiger partial charge in [0.1, 0.15) is 17.7 Å². The summed E-state index contributed by atoms with van der Waals surface area (Å²) < 4.78 is 19.5. The number of benzene rings is 2. The number of hydrogen-bond acceptors (Lipinski definition) is 3. The van der Waals surface area contributed by atoms with Crippen LogP contribution >= 0.6 is 0 Å². The zero-order valence-corrected chi connectivity index (χ0v) is 15.4. The maximum Gasteiger partial charge on any atom is 0.231 e. The third-order valence-corrected chi connectivity index (χ3v) is 4.78. The highest BCUT2D eigenvalue weighted by molar-refractivity contribution is 5.99. The predicted molar refractivity (Wildman–Crippen MR) is 104 cm³/mol. The number of amides is 1. The standard InChI is InChI=1S/C21H22FN3O2/c1-24(2)12-16-13-25(19-5-3-4-6-20(19)27-16)21(26)9-14-11-23-18-10-15(22)7-8-17(14)18/h3-8,10-11,16,23H,9,12-13H2,1-2H3. The maximum absolute atomic E-state index is 13.4. The van der Waals surface area contributed by atoms with Crippen molar-refractivity contribution in [2.75, 3.05) is 32.1 Å². The van der Waals surface area contributed by atoms with Crippen LogP contribution in [-0.4, -0.2) is 49.1 Å². The highest BCUT2D eigenvalue weighted by Gasteiger charge is 2.30. The van der Waals surface area contributed by atoms with E-state index in [4.69, 9.17) is 4.74 Å². The van der Waals surface area contributed by atoms with Crippen LogP contribution in [0.1, 0.15) is 5.56 Å². The number of rotatable bonds is 4. The molecule has 140 valence electrons. The molecule has 0 saturated heterocycles. The predicted octanol–water partition coefficient (Wildman–Crippen LogP) is 3.21. The van der Waals surface area contributed by atoms with Crippen molar-refractivity contribution in [2.24, 2.45) is 0 Å². The Morgan fingerprint density at radius 3 is 2.93 bits per heavy atom. The van der Waals surface area contributed by atoms with Gasteiger partial charge in [0.05, 0.1) is 18.7 Å². The number of fused-ring (bicyclic) bond motifs is 2. The average molecular weight is 367 g/mol. The van der Waals surface area contributed by atoms with Crippen LogP contribution < -0.4 is 9.64 Å². The molecule has 0 radical (unpaired) electrons. The Bertz CT molecular complexity index is 982. The molecule has 1 unspecified atom stereocenters. The van der Waals surface area contributed by atoms with E-state index in [2.05, 4.69) is 9.88 Å². The summed E-state index contributed by atoms with van der Waals surface area (Å²) in [6, 6.07) is 12.2. The van der Waals surface area contributed by atoms with Gasteiger partial charge in [-0.2, -0.15) is 0 Å². The van der Waals surface area contributed by atoms with Gasteiger partial charge in [0.25, 0.3) is 0 Å². The Morgan fingerprint density at radius 2 is 2.11 bits per heavy atom. The molecule has 0 bridgehead atoms. The molecule has 3 aromatic rings. The van der Waals surface area contributed by atoms with Gasteiger partial charge in [-0.1, -0.05) is 12.1 Å². The summed E-state index contributed by atoms with van der Waals surface area (Å²) in [6.07, 6.45) is 1.94. The van der Waals surface area contributed by atoms with Gasteiger partial charge < -0.3 is 19.5 Å². The number of para-hydroxylation sites is 2. The molecular formula is C21H22FN3O2. The molecular weight excluding hydrogens is 345 g/mol. The van der Waals surface area contributed by atoms with Crippen molar-refractivity contribution < 1.29 is 13.9 Å². The Balaban J connectivity index is 1.61. The summed E-state index contributed by atoms with van der Waals surface area (Å²) in [5.74, 6) is 0.431. The fraction of sp³-hybridized carbons (Fsp3) is 0.286. The second-order valence-electron chi connectivity index (χ2n) is 7.15. The summed E-state index contributed by atoms with van der Waals surface area (Å²) in [5.41, 5.74) is 2.36. The van der Waals surface area contributed by atoms with E-state index < -0.39 is 0 Å². The van der Waals surface area contributed by atoms with Crippen LogP contribution in [-0.2, 0) is 11.2 Å². The maximum atomic E-state index is 13.4. The SMILES string of the molecule is CN(C)CC1CN(C(=O)Cc2c[nH]c3cc(F)ccc23)c2ccccc2O1. The summed E-state index contributed by atoms with van der Waals surface area (Å²) >= 11 is 0. The minimum absolute atomic E-state index is 0.000249. The van der Waals surface area contributed by atoms with Crippen molar-refractivity contribution in [1.29, 1.82) is 0 Å². The fourth-order valence-corrected chi connectivity index (χ4v) is 3.60. The summed E-state index contributed by atoms with van der Waals surface area (Å²) in [5, 5.41) is 0.871. The van der Waals surface area contributed by atoms with Crippen molar-refractivity contribution in [3.8, 4) is 5.75 Å². The number of carbonyl (C=O) groups excluding carboxylic acids is 1. The van der Waals surface area contributed by atoms with Crippen molar-refractivity contribution in [1.82, 2.24) is 9.88 Å². The molecule has 2 heterocycles. The van der Waals surface area contributed by atoms with E-state index in [0.717, 1.165) is 28.9 Å². The van der Waals surface area contributed by atoms with Crippen LogP contribution in [0.5, 0.6) is 5.75 Å². The molecule has 0 aliphatic carbocycles. The van der Waals surface area contributed by atoms with E-state index in [1.807, 2.05) is 38.4 Å². The van der Waals surface area contributed by atoms with Crippen LogP contribution in [0.3, 0.4) is 0 Å². The van der Waals surface area contributed by atoms with Crippen LogP contribution in [0.25, 0.3) is 10.9 Å². The number of nitrogens with zero attached hydrogens (tertiary/aromatic N) is 2. The number of halogens is 1. The number of carbonyl (C=O) groups is 1. The lowest BCUT2D eigenvalue weighted by molar-refractivity contribution is -0.118. The van der Waals surface area contributed by atoms with Crippen LogP contribution in [0.2, 0.25) is 0 Å². The molecule has 1 aliphatic heterocycles. The quantitative estimate of drug-likeness (QED) is 0.770. The van der Waals surface area contributed by atoms with Gasteiger partial charge in [-0.25, -0.2) is 4.39 Å². The molecule has 4 rings (SSSR count). The minimum atomic E-state index is -0.295. The number of nitrogens with one attached hydrogen (secondary N) is 1. The molecule has 6 heteroatoms. The number of hydrogen-bond donors (Lipinski definition) is 1. The highest BCUT2D eigenvalue weighted by Crippen LogP contribution is 2.34. The molecule has 0 fully saturated rings. The van der Waals surface area contributed by atoms with E-state index >= 15 is 0 Å². The molecule has 0 saturated carbocycles. The van der Waals surface area contributed by atoms with Crippen LogP contribution in [0.15, 0.2) is 48.7 Å². The number of anilines is 1. The molecule has 5 nitrogen and oxygen atoms in total. The molecule has 1 amide bonds. The van der Waals surface area contributed by atoms with Crippen molar-refractivity contribution >= 4 is 22.5 Å². The van der Waals surface area contributed by atoms with Gasteiger partial charge in [-0.15, -0.1) is 0 Å². The van der Waals surface area contributed by atoms with Gasteiger partial charge in [-0.05, 0) is 50.0 Å². The Hall–Kier alpha value is -2.86. The lowest BCUT2D eigenvalue weighted by atomic mass is 10.1. The van der Waals surface area contributed by atoms with E-state index in [1.54, 1.807) is 17.2 Å². The lowest BCUT2D eigenvalue weighted by Gasteiger charge is -2.36. The first kappa shape index (κ1) is 17.5. The topological polar surface area (TPSA) is 48.6 Å². The Kier molecular flexibility index (Phi) is 4.58. The molecule has 1 aliphatic rings. The first-order chi connectivity index (χ1) is 13.0. The lowest BCUT2D eigenvalue weighted by Crippen LogP contribution is -2.47. The third-order valence-electron chi connectivity index (χ3n) is 4.78. The first-order valence-corrected chi connectivity index (χ1v) is 8.97. The second-order valence-corrected chi connectivity index (χ2v) is 7.15. The second kappa shape index (κ2) is 7.04. The largest absolute Gasteiger partial charge is 0.485 e. The number of ether oxygens (including phenoxy) is 1. The van der Waals surface area contributed by atoms with Gasteiger partial charge in [0.15, 0.2) is 0 Å². The summed E-state index contributed by atoms with van der Waals surface area (Å²) in [6.45, 7) is 1.23. The number of H-pyrrole nitrogens is 1. The summed E-state index contributed by atoms with van der Waals surface area (Å²) in [7, 11) is 3.97. The number of aromatic nitrogens is 1. The third kappa shape index (κ3) is 3.53. The molecule has 27 heavy (non-hydrogen) atoms. The fourth-order valence-electron chi connectivity index (χ4n) is 3.60. The molecule has 1 atom stereocenters.